The van der Waals surface area contributed by atoms with Gasteiger partial charge in [-0.15, -0.1) is 5.92 Å². The molecule has 8 atom stereocenters. The average molecular weight is 433 g/mol. The molecule has 4 aliphatic rings. The molecule has 0 bridgehead atoms. The van der Waals surface area contributed by atoms with Gasteiger partial charge >= 0.3 is 0 Å². The third-order valence-electron chi connectivity index (χ3n) is 9.68. The zero-order valence-electron chi connectivity index (χ0n) is 19.9. The van der Waals surface area contributed by atoms with Gasteiger partial charge in [0, 0.05) is 11.8 Å². The number of ether oxygens (including phenoxy) is 1. The molecule has 4 aliphatic carbocycles. The SMILES string of the molecule is CC#C[C@]1(O)CCC2C3C(C4CCC(=O)C=C4C[C@@H]3C)[C@@H](c3ccc(OC)cc3)C[C@@]21C. The molecule has 3 heteroatoms. The summed E-state index contributed by atoms with van der Waals surface area (Å²) in [6.45, 7) is 6.54. The maximum Gasteiger partial charge on any atom is 0.155 e. The average Bonchev–Trinajstić information content (AvgIpc) is 3.03. The lowest BCUT2D eigenvalue weighted by Crippen LogP contribution is -2.56. The van der Waals surface area contributed by atoms with Gasteiger partial charge in [0.05, 0.1) is 7.11 Å². The lowest BCUT2D eigenvalue weighted by Gasteiger charge is -2.60. The Balaban J connectivity index is 1.64. The van der Waals surface area contributed by atoms with E-state index in [0.717, 1.165) is 37.9 Å². The molecule has 0 radical (unpaired) electrons. The summed E-state index contributed by atoms with van der Waals surface area (Å²) in [6.07, 6.45) is 7.42. The molecule has 0 amide bonds. The molecular formula is C29H36O3. The van der Waals surface area contributed by atoms with Gasteiger partial charge in [-0.05, 0) is 98.3 Å². The summed E-state index contributed by atoms with van der Waals surface area (Å²) in [5.41, 5.74) is 1.59. The van der Waals surface area contributed by atoms with Crippen LogP contribution in [0.5, 0.6) is 5.75 Å². The molecule has 3 saturated carbocycles. The summed E-state index contributed by atoms with van der Waals surface area (Å²) < 4.78 is 5.43. The highest BCUT2D eigenvalue weighted by molar-refractivity contribution is 5.91. The summed E-state index contributed by atoms with van der Waals surface area (Å²) in [7, 11) is 1.71. The number of allylic oxidation sites excluding steroid dienone is 1. The normalized spacial score (nSPS) is 42.7. The molecular weight excluding hydrogens is 396 g/mol. The van der Waals surface area contributed by atoms with E-state index in [1.54, 1.807) is 7.11 Å². The van der Waals surface area contributed by atoms with Gasteiger partial charge < -0.3 is 9.84 Å². The first kappa shape index (κ1) is 21.8. The Morgan fingerprint density at radius 3 is 2.56 bits per heavy atom. The van der Waals surface area contributed by atoms with Crippen LogP contribution in [0.2, 0.25) is 0 Å². The molecule has 3 fully saturated rings. The Labute approximate surface area is 192 Å². The minimum absolute atomic E-state index is 0.221. The second kappa shape index (κ2) is 7.77. The Morgan fingerprint density at radius 2 is 1.88 bits per heavy atom. The minimum atomic E-state index is -0.916. The first-order chi connectivity index (χ1) is 15.3. The van der Waals surface area contributed by atoms with Crippen LogP contribution in [0, 0.1) is 46.8 Å². The van der Waals surface area contributed by atoms with E-state index in [9.17, 15) is 9.90 Å². The van der Waals surface area contributed by atoms with Gasteiger partial charge in [-0.2, -0.15) is 0 Å². The van der Waals surface area contributed by atoms with Gasteiger partial charge in [-0.25, -0.2) is 0 Å². The van der Waals surface area contributed by atoms with Crippen molar-refractivity contribution in [3.8, 4) is 17.6 Å². The van der Waals surface area contributed by atoms with Crippen molar-refractivity contribution in [1.29, 1.82) is 0 Å². The van der Waals surface area contributed by atoms with Crippen LogP contribution in [0.4, 0.5) is 0 Å². The highest BCUT2D eigenvalue weighted by Crippen LogP contribution is 2.69. The molecule has 1 aromatic rings. The molecule has 170 valence electrons. The topological polar surface area (TPSA) is 46.5 Å². The van der Waals surface area contributed by atoms with Crippen molar-refractivity contribution in [2.75, 3.05) is 7.11 Å². The Kier molecular flexibility index (Phi) is 5.29. The van der Waals surface area contributed by atoms with E-state index >= 15 is 0 Å². The van der Waals surface area contributed by atoms with E-state index in [0.29, 0.717) is 47.7 Å². The molecule has 0 aliphatic heterocycles. The number of benzene rings is 1. The van der Waals surface area contributed by atoms with Crippen LogP contribution < -0.4 is 4.74 Å². The molecule has 32 heavy (non-hydrogen) atoms. The summed E-state index contributed by atoms with van der Waals surface area (Å²) in [6, 6.07) is 8.58. The van der Waals surface area contributed by atoms with Crippen molar-refractivity contribution in [3.05, 3.63) is 41.5 Å². The number of hydrogen-bond acceptors (Lipinski definition) is 3. The van der Waals surface area contributed by atoms with Crippen molar-refractivity contribution in [1.82, 2.24) is 0 Å². The summed E-state index contributed by atoms with van der Waals surface area (Å²) in [4.78, 5) is 12.3. The number of carbonyl (C=O) groups is 1. The smallest absolute Gasteiger partial charge is 0.155 e. The summed E-state index contributed by atoms with van der Waals surface area (Å²) in [5, 5.41) is 11.8. The number of ketones is 1. The van der Waals surface area contributed by atoms with Gasteiger partial charge in [0.15, 0.2) is 5.78 Å². The molecule has 1 N–H and O–H groups in total. The lowest BCUT2D eigenvalue weighted by molar-refractivity contribution is -0.119. The van der Waals surface area contributed by atoms with Gasteiger partial charge in [0.1, 0.15) is 11.4 Å². The number of methoxy groups -OCH3 is 1. The van der Waals surface area contributed by atoms with Crippen LogP contribution in [0.15, 0.2) is 35.9 Å². The monoisotopic (exact) mass is 432 g/mol. The fourth-order valence-electron chi connectivity index (χ4n) is 8.30. The van der Waals surface area contributed by atoms with Crippen LogP contribution in [0.1, 0.15) is 70.8 Å². The second-order valence-electron chi connectivity index (χ2n) is 11.0. The number of carbonyl (C=O) groups excluding carboxylic acids is 1. The molecule has 5 rings (SSSR count). The van der Waals surface area contributed by atoms with Crippen molar-refractivity contribution in [3.63, 3.8) is 0 Å². The van der Waals surface area contributed by atoms with Crippen molar-refractivity contribution in [2.24, 2.45) is 35.0 Å². The summed E-state index contributed by atoms with van der Waals surface area (Å²) >= 11 is 0. The van der Waals surface area contributed by atoms with Gasteiger partial charge in [-0.1, -0.05) is 37.5 Å². The summed E-state index contributed by atoms with van der Waals surface area (Å²) in [5.74, 6) is 10.4. The molecule has 1 aromatic carbocycles. The van der Waals surface area contributed by atoms with Gasteiger partial charge in [0.2, 0.25) is 0 Å². The minimum Gasteiger partial charge on any atom is -0.497 e. The van der Waals surface area contributed by atoms with E-state index in [1.807, 2.05) is 13.0 Å². The van der Waals surface area contributed by atoms with E-state index in [-0.39, 0.29) is 5.41 Å². The van der Waals surface area contributed by atoms with Crippen molar-refractivity contribution < 1.29 is 14.6 Å². The van der Waals surface area contributed by atoms with E-state index in [4.69, 9.17) is 4.74 Å². The zero-order chi connectivity index (χ0) is 22.7. The van der Waals surface area contributed by atoms with Crippen molar-refractivity contribution >= 4 is 5.78 Å². The van der Waals surface area contributed by atoms with Crippen LogP contribution in [-0.2, 0) is 4.79 Å². The zero-order valence-corrected chi connectivity index (χ0v) is 19.9. The standard InChI is InChI=1S/C29H36O3/c1-5-13-29(31)14-12-25-26-18(2)15-20-16-21(30)8-11-23(20)27(26)24(17-28(25,29)3)19-6-9-22(32-4)10-7-19/h6-7,9-10,16,18,23-27,31H,8,11-12,14-15,17H2,1-4H3/t18-,23?,24+,25?,26?,27?,28-,29-/m0/s1. The number of hydrogen-bond donors (Lipinski definition) is 1. The predicted octanol–water partition coefficient (Wildman–Crippen LogP) is 5.53. The Morgan fingerprint density at radius 1 is 1.12 bits per heavy atom. The quantitative estimate of drug-likeness (QED) is 0.625. The Bertz CT molecular complexity index is 995. The van der Waals surface area contributed by atoms with Crippen LogP contribution in [0.25, 0.3) is 0 Å². The maximum absolute atomic E-state index is 12.3. The molecule has 4 unspecified atom stereocenters. The number of fused-ring (bicyclic) bond motifs is 5. The predicted molar refractivity (Wildman–Crippen MR) is 126 cm³/mol. The van der Waals surface area contributed by atoms with Crippen LogP contribution >= 0.6 is 0 Å². The van der Waals surface area contributed by atoms with E-state index in [1.165, 1.54) is 11.1 Å². The highest BCUT2D eigenvalue weighted by atomic mass is 16.5. The van der Waals surface area contributed by atoms with Crippen LogP contribution in [0.3, 0.4) is 0 Å². The first-order valence-corrected chi connectivity index (χ1v) is 12.3. The first-order valence-electron chi connectivity index (χ1n) is 12.3. The fraction of sp³-hybridized carbons (Fsp3) is 0.621. The molecule has 0 heterocycles. The lowest BCUT2D eigenvalue weighted by atomic mass is 9.45. The van der Waals surface area contributed by atoms with Gasteiger partial charge in [-0.3, -0.25) is 4.79 Å². The van der Waals surface area contributed by atoms with Gasteiger partial charge in [0.25, 0.3) is 0 Å². The third-order valence-corrected chi connectivity index (χ3v) is 9.68. The molecule has 3 nitrogen and oxygen atoms in total. The third kappa shape index (κ3) is 3.10. The molecule has 0 spiro atoms. The fourth-order valence-corrected chi connectivity index (χ4v) is 8.30. The Hall–Kier alpha value is -2.05. The van der Waals surface area contributed by atoms with E-state index < -0.39 is 5.60 Å². The molecule has 0 aromatic heterocycles. The maximum atomic E-state index is 12.3. The van der Waals surface area contributed by atoms with E-state index in [2.05, 4.69) is 50.0 Å². The number of rotatable bonds is 2. The molecule has 0 saturated heterocycles. The number of aliphatic hydroxyl groups is 1. The second-order valence-corrected chi connectivity index (χ2v) is 11.0. The largest absolute Gasteiger partial charge is 0.497 e. The van der Waals surface area contributed by atoms with Crippen LogP contribution in [-0.4, -0.2) is 23.6 Å². The van der Waals surface area contributed by atoms with Crippen molar-refractivity contribution in [2.45, 2.75) is 70.8 Å². The highest BCUT2D eigenvalue weighted by Gasteiger charge is 2.65.